The van der Waals surface area contributed by atoms with E-state index in [1.165, 1.54) is 0 Å². The third kappa shape index (κ3) is 1.57. The molecule has 3 rings (SSSR count). The number of amides is 1. The van der Waals surface area contributed by atoms with Crippen LogP contribution in [0.4, 0.5) is 0 Å². The van der Waals surface area contributed by atoms with Gasteiger partial charge in [-0.05, 0) is 24.1 Å². The van der Waals surface area contributed by atoms with E-state index in [-0.39, 0.29) is 17.7 Å². The lowest BCUT2D eigenvalue weighted by Crippen LogP contribution is -2.42. The van der Waals surface area contributed by atoms with Gasteiger partial charge in [-0.2, -0.15) is 0 Å². The van der Waals surface area contributed by atoms with E-state index in [0.717, 1.165) is 5.56 Å². The number of hydrogen-bond acceptors (Lipinski definition) is 2. The summed E-state index contributed by atoms with van der Waals surface area (Å²) in [4.78, 5) is 25.5. The van der Waals surface area contributed by atoms with Gasteiger partial charge >= 0.3 is 0 Å². The summed E-state index contributed by atoms with van der Waals surface area (Å²) >= 11 is 11.8. The topological polar surface area (TPSA) is 37.4 Å². The summed E-state index contributed by atoms with van der Waals surface area (Å²) in [5, 5.41) is 0.805. The van der Waals surface area contributed by atoms with Gasteiger partial charge in [-0.15, -0.1) is 0 Å². The molecular formula is C12H9Cl2NO2. The van der Waals surface area contributed by atoms with Crippen molar-refractivity contribution in [1.82, 2.24) is 4.90 Å². The van der Waals surface area contributed by atoms with Gasteiger partial charge in [0.1, 0.15) is 0 Å². The third-order valence-electron chi connectivity index (χ3n) is 3.38. The first kappa shape index (κ1) is 11.1. The van der Waals surface area contributed by atoms with Crippen LogP contribution in [-0.4, -0.2) is 22.6 Å². The summed E-state index contributed by atoms with van der Waals surface area (Å²) in [6.07, 6.45) is 1.06. The molecule has 1 aromatic carbocycles. The van der Waals surface area contributed by atoms with E-state index in [9.17, 15) is 9.59 Å². The fourth-order valence-corrected chi connectivity index (χ4v) is 2.87. The van der Waals surface area contributed by atoms with Crippen LogP contribution in [0.25, 0.3) is 0 Å². The van der Waals surface area contributed by atoms with E-state index in [1.807, 2.05) is 0 Å². The Kier molecular flexibility index (Phi) is 2.42. The van der Waals surface area contributed by atoms with Crippen LogP contribution >= 0.6 is 23.2 Å². The van der Waals surface area contributed by atoms with Crippen molar-refractivity contribution in [2.75, 3.05) is 0 Å². The van der Waals surface area contributed by atoms with Crippen LogP contribution in [0.3, 0.4) is 0 Å². The van der Waals surface area contributed by atoms with Crippen molar-refractivity contribution >= 4 is 34.9 Å². The number of fused-ring (bicyclic) bond motifs is 2. The van der Waals surface area contributed by atoms with Crippen LogP contribution in [0.2, 0.25) is 10.0 Å². The van der Waals surface area contributed by atoms with E-state index in [0.29, 0.717) is 35.0 Å². The molecule has 0 bridgehead atoms. The molecule has 1 fully saturated rings. The van der Waals surface area contributed by atoms with E-state index >= 15 is 0 Å². The summed E-state index contributed by atoms with van der Waals surface area (Å²) < 4.78 is 0. The summed E-state index contributed by atoms with van der Waals surface area (Å²) in [5.41, 5.74) is 1.39. The second-order valence-corrected chi connectivity index (χ2v) is 5.18. The largest absolute Gasteiger partial charge is 0.328 e. The van der Waals surface area contributed by atoms with Crippen LogP contribution in [0.5, 0.6) is 0 Å². The number of rotatable bonds is 0. The van der Waals surface area contributed by atoms with Gasteiger partial charge in [0.05, 0.1) is 16.1 Å². The van der Waals surface area contributed by atoms with Crippen molar-refractivity contribution in [1.29, 1.82) is 0 Å². The summed E-state index contributed by atoms with van der Waals surface area (Å²) in [6.45, 7) is 0.460. The van der Waals surface area contributed by atoms with Gasteiger partial charge < -0.3 is 4.90 Å². The van der Waals surface area contributed by atoms with Crippen LogP contribution < -0.4 is 0 Å². The van der Waals surface area contributed by atoms with Gasteiger partial charge in [-0.1, -0.05) is 23.2 Å². The first-order chi connectivity index (χ1) is 8.08. The molecule has 1 saturated heterocycles. The van der Waals surface area contributed by atoms with Gasteiger partial charge in [0.25, 0.3) is 0 Å². The molecular weight excluding hydrogens is 261 g/mol. The van der Waals surface area contributed by atoms with E-state index in [1.54, 1.807) is 17.0 Å². The highest BCUT2D eigenvalue weighted by molar-refractivity contribution is 6.42. The fraction of sp³-hybridized carbons (Fsp3) is 0.333. The number of halogens is 2. The Labute approximate surface area is 108 Å². The Hall–Kier alpha value is -1.06. The number of carbonyl (C=O) groups excluding carboxylic acids is 2. The fourth-order valence-electron chi connectivity index (χ4n) is 2.52. The molecule has 17 heavy (non-hydrogen) atoms. The predicted octanol–water partition coefficient (Wildman–Crippen LogP) is 2.68. The molecule has 1 aromatic rings. The number of benzene rings is 1. The maximum atomic E-state index is 12.2. The Morgan fingerprint density at radius 2 is 1.88 bits per heavy atom. The smallest absolute Gasteiger partial charge is 0.223 e. The van der Waals surface area contributed by atoms with Crippen LogP contribution in [0.15, 0.2) is 12.1 Å². The molecule has 5 heteroatoms. The third-order valence-corrected chi connectivity index (χ3v) is 4.11. The lowest BCUT2D eigenvalue weighted by atomic mass is 9.93. The first-order valence-corrected chi connectivity index (χ1v) is 6.15. The van der Waals surface area contributed by atoms with Gasteiger partial charge in [-0.3, -0.25) is 9.59 Å². The quantitative estimate of drug-likeness (QED) is 0.726. The minimum absolute atomic E-state index is 0.0179. The molecule has 2 heterocycles. The average Bonchev–Trinajstić information content (AvgIpc) is 2.65. The molecule has 0 N–H and O–H groups in total. The lowest BCUT2D eigenvalue weighted by Gasteiger charge is -2.30. The van der Waals surface area contributed by atoms with E-state index < -0.39 is 0 Å². The van der Waals surface area contributed by atoms with Crippen LogP contribution in [0, 0.1) is 0 Å². The molecule has 2 aliphatic rings. The number of carbonyl (C=O) groups is 2. The van der Waals surface area contributed by atoms with E-state index in [4.69, 9.17) is 23.2 Å². The molecule has 3 nitrogen and oxygen atoms in total. The van der Waals surface area contributed by atoms with Crippen LogP contribution in [-0.2, 0) is 11.3 Å². The zero-order chi connectivity index (χ0) is 12.2. The molecule has 0 radical (unpaired) electrons. The zero-order valence-corrected chi connectivity index (χ0v) is 10.4. The highest BCUT2D eigenvalue weighted by Crippen LogP contribution is 2.35. The lowest BCUT2D eigenvalue weighted by molar-refractivity contribution is -0.129. The predicted molar refractivity (Wildman–Crippen MR) is 64.4 cm³/mol. The number of nitrogens with zero attached hydrogens (tertiary/aromatic N) is 1. The molecule has 0 spiro atoms. The highest BCUT2D eigenvalue weighted by atomic mass is 35.5. The normalized spacial score (nSPS) is 22.7. The van der Waals surface area contributed by atoms with Crippen LogP contribution in [0.1, 0.15) is 28.8 Å². The molecule has 0 saturated carbocycles. The van der Waals surface area contributed by atoms with Gasteiger partial charge in [-0.25, -0.2) is 0 Å². The molecule has 1 amide bonds. The maximum absolute atomic E-state index is 12.2. The van der Waals surface area contributed by atoms with Gasteiger partial charge in [0.2, 0.25) is 5.91 Å². The Morgan fingerprint density at radius 1 is 1.18 bits per heavy atom. The number of Topliss-reactive ketones (excluding diaryl/α,β-unsaturated/α-hetero) is 1. The summed E-state index contributed by atoms with van der Waals surface area (Å²) in [6, 6.07) is 2.99. The standard InChI is InChI=1S/C12H9Cl2NO2/c13-8-3-6-5-15-10(1-2-11(15)16)12(17)7(6)4-9(8)14/h3-4,10H,1-2,5H2. The Morgan fingerprint density at radius 3 is 2.65 bits per heavy atom. The Balaban J connectivity index is 2.12. The van der Waals surface area contributed by atoms with Crippen molar-refractivity contribution in [2.45, 2.75) is 25.4 Å². The minimum atomic E-state index is -0.299. The molecule has 1 unspecified atom stereocenters. The SMILES string of the molecule is O=C1c2cc(Cl)c(Cl)cc2CN2C(=O)CCC12. The Bertz CT molecular complexity index is 542. The second kappa shape index (κ2) is 3.72. The number of hydrogen-bond donors (Lipinski definition) is 0. The van der Waals surface area contributed by atoms with E-state index in [2.05, 4.69) is 0 Å². The maximum Gasteiger partial charge on any atom is 0.223 e. The zero-order valence-electron chi connectivity index (χ0n) is 8.87. The molecule has 0 aliphatic carbocycles. The van der Waals surface area contributed by atoms with Crippen molar-refractivity contribution in [3.63, 3.8) is 0 Å². The average molecular weight is 270 g/mol. The highest BCUT2D eigenvalue weighted by Gasteiger charge is 2.40. The first-order valence-electron chi connectivity index (χ1n) is 5.39. The van der Waals surface area contributed by atoms with Crippen molar-refractivity contribution in [2.24, 2.45) is 0 Å². The van der Waals surface area contributed by atoms with Gasteiger partial charge in [0.15, 0.2) is 5.78 Å². The summed E-state index contributed by atoms with van der Waals surface area (Å²) in [5.74, 6) is 0.0238. The summed E-state index contributed by atoms with van der Waals surface area (Å²) in [7, 11) is 0. The molecule has 0 aromatic heterocycles. The van der Waals surface area contributed by atoms with Gasteiger partial charge in [0, 0.05) is 18.5 Å². The molecule has 88 valence electrons. The second-order valence-electron chi connectivity index (χ2n) is 4.36. The van der Waals surface area contributed by atoms with Crippen molar-refractivity contribution < 1.29 is 9.59 Å². The molecule has 1 atom stereocenters. The number of ketones is 1. The van der Waals surface area contributed by atoms with Crippen molar-refractivity contribution in [3.8, 4) is 0 Å². The monoisotopic (exact) mass is 269 g/mol. The molecule has 2 aliphatic heterocycles. The minimum Gasteiger partial charge on any atom is -0.328 e. The van der Waals surface area contributed by atoms with Crippen molar-refractivity contribution in [3.05, 3.63) is 33.3 Å².